The third-order valence-corrected chi connectivity index (χ3v) is 5.02. The first-order chi connectivity index (χ1) is 14.4. The Morgan fingerprint density at radius 2 is 2.13 bits per heavy atom. The standard InChI is InChI=1S/C23H38N4O3.HI/c1-5-24-23(25-12-11-22(29)27-13-7-8-18(4)16-27)26-15-21(28)19-9-6-10-20(14-19)30-17(2)3;/h6,9-10,14,17-18,21,28H,5,7-8,11-13,15-16H2,1-4H3,(H2,24,25,26);1H. The van der Waals surface area contributed by atoms with Crippen molar-refractivity contribution in [3.8, 4) is 5.75 Å². The number of ether oxygens (including phenoxy) is 1. The number of nitrogens with zero attached hydrogens (tertiary/aromatic N) is 2. The Kier molecular flexibility index (Phi) is 12.9. The third kappa shape index (κ3) is 10.1. The molecule has 1 aromatic rings. The highest BCUT2D eigenvalue weighted by atomic mass is 127. The molecule has 176 valence electrons. The quantitative estimate of drug-likeness (QED) is 0.252. The zero-order valence-corrected chi connectivity index (χ0v) is 21.6. The number of carbonyl (C=O) groups excluding carboxylic acids is 1. The molecule has 0 radical (unpaired) electrons. The van der Waals surface area contributed by atoms with E-state index in [2.05, 4.69) is 22.5 Å². The highest BCUT2D eigenvalue weighted by molar-refractivity contribution is 14.0. The predicted molar refractivity (Wildman–Crippen MR) is 136 cm³/mol. The molecule has 1 saturated heterocycles. The van der Waals surface area contributed by atoms with Gasteiger partial charge in [0.15, 0.2) is 5.96 Å². The fourth-order valence-electron chi connectivity index (χ4n) is 3.55. The van der Waals surface area contributed by atoms with Crippen molar-refractivity contribution in [1.82, 2.24) is 15.5 Å². The van der Waals surface area contributed by atoms with Crippen LogP contribution in [0.15, 0.2) is 29.3 Å². The van der Waals surface area contributed by atoms with Gasteiger partial charge in [0.1, 0.15) is 5.75 Å². The van der Waals surface area contributed by atoms with Gasteiger partial charge in [-0.25, -0.2) is 0 Å². The largest absolute Gasteiger partial charge is 0.491 e. The lowest BCUT2D eigenvalue weighted by molar-refractivity contribution is -0.132. The minimum absolute atomic E-state index is 0. The lowest BCUT2D eigenvalue weighted by Crippen LogP contribution is -2.42. The number of benzene rings is 1. The van der Waals surface area contributed by atoms with Crippen molar-refractivity contribution in [1.29, 1.82) is 0 Å². The summed E-state index contributed by atoms with van der Waals surface area (Å²) in [6.07, 6.45) is 2.08. The molecule has 0 spiro atoms. The normalized spacial score (nSPS) is 17.7. The van der Waals surface area contributed by atoms with Crippen molar-refractivity contribution in [2.24, 2.45) is 10.9 Å². The fraction of sp³-hybridized carbons (Fsp3) is 0.652. The summed E-state index contributed by atoms with van der Waals surface area (Å²) in [4.78, 5) is 18.9. The average molecular weight is 546 g/mol. The molecule has 31 heavy (non-hydrogen) atoms. The van der Waals surface area contributed by atoms with Crippen LogP contribution in [0.25, 0.3) is 0 Å². The Bertz CT molecular complexity index is 699. The van der Waals surface area contributed by atoms with E-state index in [0.29, 0.717) is 31.4 Å². The summed E-state index contributed by atoms with van der Waals surface area (Å²) in [5.74, 6) is 2.11. The van der Waals surface area contributed by atoms with Gasteiger partial charge >= 0.3 is 0 Å². The Morgan fingerprint density at radius 1 is 1.35 bits per heavy atom. The maximum atomic E-state index is 12.4. The Balaban J connectivity index is 0.00000480. The van der Waals surface area contributed by atoms with Gasteiger partial charge in [0.25, 0.3) is 0 Å². The van der Waals surface area contributed by atoms with E-state index in [9.17, 15) is 9.90 Å². The van der Waals surface area contributed by atoms with Crippen LogP contribution in [-0.2, 0) is 4.79 Å². The van der Waals surface area contributed by atoms with Crippen LogP contribution in [-0.4, -0.2) is 60.7 Å². The van der Waals surface area contributed by atoms with Gasteiger partial charge in [-0.15, -0.1) is 24.0 Å². The van der Waals surface area contributed by atoms with Crippen molar-refractivity contribution in [2.75, 3.05) is 32.7 Å². The molecule has 8 heteroatoms. The number of aliphatic hydroxyl groups excluding tert-OH is 1. The van der Waals surface area contributed by atoms with E-state index in [1.165, 1.54) is 6.42 Å². The molecule has 7 nitrogen and oxygen atoms in total. The summed E-state index contributed by atoms with van der Waals surface area (Å²) in [7, 11) is 0. The molecule has 1 fully saturated rings. The molecular formula is C23H39IN4O3. The summed E-state index contributed by atoms with van der Waals surface area (Å²) in [5, 5.41) is 16.9. The fourth-order valence-corrected chi connectivity index (χ4v) is 3.55. The molecule has 2 rings (SSSR count). The van der Waals surface area contributed by atoms with Crippen molar-refractivity contribution >= 4 is 35.8 Å². The first kappa shape index (κ1) is 27.5. The number of guanidine groups is 1. The van der Waals surface area contributed by atoms with Gasteiger partial charge in [0.2, 0.25) is 5.91 Å². The summed E-state index contributed by atoms with van der Waals surface area (Å²) < 4.78 is 5.69. The van der Waals surface area contributed by atoms with Crippen LogP contribution >= 0.6 is 24.0 Å². The second kappa shape index (κ2) is 14.5. The Labute approximate surface area is 204 Å². The summed E-state index contributed by atoms with van der Waals surface area (Å²) in [6.45, 7) is 11.3. The van der Waals surface area contributed by atoms with Crippen LogP contribution in [0.3, 0.4) is 0 Å². The second-order valence-electron chi connectivity index (χ2n) is 8.24. The number of hydrogen-bond acceptors (Lipinski definition) is 4. The smallest absolute Gasteiger partial charge is 0.224 e. The van der Waals surface area contributed by atoms with E-state index in [0.717, 1.165) is 30.8 Å². The highest BCUT2D eigenvalue weighted by Crippen LogP contribution is 2.20. The van der Waals surface area contributed by atoms with E-state index in [4.69, 9.17) is 4.74 Å². The molecule has 0 aliphatic carbocycles. The molecule has 3 N–H and O–H groups in total. The van der Waals surface area contributed by atoms with Gasteiger partial charge in [-0.1, -0.05) is 19.1 Å². The van der Waals surface area contributed by atoms with Crippen molar-refractivity contribution in [3.05, 3.63) is 29.8 Å². The van der Waals surface area contributed by atoms with E-state index < -0.39 is 6.10 Å². The zero-order chi connectivity index (χ0) is 21.9. The van der Waals surface area contributed by atoms with Crippen molar-refractivity contribution in [2.45, 2.75) is 59.2 Å². The number of likely N-dealkylation sites (tertiary alicyclic amines) is 1. The van der Waals surface area contributed by atoms with Gasteiger partial charge in [-0.2, -0.15) is 0 Å². The van der Waals surface area contributed by atoms with E-state index >= 15 is 0 Å². The maximum absolute atomic E-state index is 12.4. The van der Waals surface area contributed by atoms with Gasteiger partial charge in [0.05, 0.1) is 18.8 Å². The highest BCUT2D eigenvalue weighted by Gasteiger charge is 2.20. The van der Waals surface area contributed by atoms with Gasteiger partial charge in [-0.05, 0) is 57.2 Å². The van der Waals surface area contributed by atoms with E-state index in [1.807, 2.05) is 49.9 Å². The van der Waals surface area contributed by atoms with E-state index in [1.54, 1.807) is 0 Å². The Hall–Kier alpha value is -1.55. The molecule has 1 amide bonds. The molecule has 0 saturated carbocycles. The number of aliphatic hydroxyl groups is 1. The van der Waals surface area contributed by atoms with Crippen LogP contribution in [0.5, 0.6) is 5.75 Å². The van der Waals surface area contributed by atoms with Crippen LogP contribution < -0.4 is 15.4 Å². The maximum Gasteiger partial charge on any atom is 0.224 e. The average Bonchev–Trinajstić information content (AvgIpc) is 2.71. The third-order valence-electron chi connectivity index (χ3n) is 5.02. The predicted octanol–water partition coefficient (Wildman–Crippen LogP) is 3.33. The first-order valence-corrected chi connectivity index (χ1v) is 11.1. The van der Waals surface area contributed by atoms with Crippen LogP contribution in [0.4, 0.5) is 0 Å². The summed E-state index contributed by atoms with van der Waals surface area (Å²) >= 11 is 0. The van der Waals surface area contributed by atoms with E-state index in [-0.39, 0.29) is 42.5 Å². The van der Waals surface area contributed by atoms with Crippen LogP contribution in [0.1, 0.15) is 58.6 Å². The number of halogens is 1. The molecule has 1 aliphatic heterocycles. The SMILES string of the molecule is CCNC(=NCC(O)c1cccc(OC(C)C)c1)NCCC(=O)N1CCCC(C)C1.I. The molecule has 1 aliphatic rings. The second-order valence-corrected chi connectivity index (χ2v) is 8.24. The molecule has 2 unspecified atom stereocenters. The van der Waals surface area contributed by atoms with Crippen molar-refractivity contribution < 1.29 is 14.6 Å². The lowest BCUT2D eigenvalue weighted by atomic mass is 10.00. The number of hydrogen-bond donors (Lipinski definition) is 3. The summed E-state index contributed by atoms with van der Waals surface area (Å²) in [6, 6.07) is 7.46. The lowest BCUT2D eigenvalue weighted by Gasteiger charge is -2.31. The molecule has 1 heterocycles. The molecular weight excluding hydrogens is 507 g/mol. The number of nitrogens with one attached hydrogen (secondary N) is 2. The molecule has 0 bridgehead atoms. The first-order valence-electron chi connectivity index (χ1n) is 11.1. The van der Waals surface area contributed by atoms with Gasteiger partial charge in [0, 0.05) is 32.6 Å². The minimum atomic E-state index is -0.729. The minimum Gasteiger partial charge on any atom is -0.491 e. The molecule has 2 atom stereocenters. The number of rotatable bonds is 9. The van der Waals surface area contributed by atoms with Crippen LogP contribution in [0, 0.1) is 5.92 Å². The molecule has 0 aromatic heterocycles. The number of amides is 1. The number of aliphatic imine (C=N–C) groups is 1. The monoisotopic (exact) mass is 546 g/mol. The zero-order valence-electron chi connectivity index (χ0n) is 19.3. The van der Waals surface area contributed by atoms with Crippen molar-refractivity contribution in [3.63, 3.8) is 0 Å². The van der Waals surface area contributed by atoms with Crippen LogP contribution in [0.2, 0.25) is 0 Å². The van der Waals surface area contributed by atoms with Gasteiger partial charge < -0.3 is 25.4 Å². The molecule has 1 aromatic carbocycles. The topological polar surface area (TPSA) is 86.2 Å². The van der Waals surface area contributed by atoms with Gasteiger partial charge in [-0.3, -0.25) is 9.79 Å². The Morgan fingerprint density at radius 3 is 2.81 bits per heavy atom. The number of piperidine rings is 1. The summed E-state index contributed by atoms with van der Waals surface area (Å²) in [5.41, 5.74) is 0.766. The number of carbonyl (C=O) groups is 1.